The van der Waals surface area contributed by atoms with Crippen molar-refractivity contribution in [1.82, 2.24) is 0 Å². The van der Waals surface area contributed by atoms with Crippen LogP contribution in [0.1, 0.15) is 69.4 Å². The number of ether oxygens (including phenoxy) is 2. The highest BCUT2D eigenvalue weighted by Gasteiger charge is 2.19. The van der Waals surface area contributed by atoms with Crippen LogP contribution in [0.25, 0.3) is 16.8 Å². The number of fused-ring (bicyclic) bond motifs is 3. The highest BCUT2D eigenvalue weighted by Crippen LogP contribution is 2.36. The lowest BCUT2D eigenvalue weighted by atomic mass is 9.98. The predicted molar refractivity (Wildman–Crippen MR) is 116 cm³/mol. The lowest BCUT2D eigenvalue weighted by Crippen LogP contribution is -2.25. The zero-order valence-electron chi connectivity index (χ0n) is 17.2. The standard InChI is InChI=1S/C25H32O3/c1-3-4-5-6-7-8-9-14-24(26)27-18-21-16-15-20-17-19(2)22-12-10-11-13-23(22)25(20)28-21/h10-13,15-17,21H,3-9,14,18H2,1-2H3. The number of hydrogen-bond acceptors (Lipinski definition) is 3. The number of esters is 1. The van der Waals surface area contributed by atoms with E-state index in [1.165, 1.54) is 43.1 Å². The van der Waals surface area contributed by atoms with E-state index in [1.807, 2.05) is 18.2 Å². The molecule has 0 spiro atoms. The summed E-state index contributed by atoms with van der Waals surface area (Å²) >= 11 is 0. The number of carbonyl (C=O) groups is 1. The second-order valence-electron chi connectivity index (χ2n) is 7.73. The highest BCUT2D eigenvalue weighted by molar-refractivity contribution is 5.94. The molecule has 0 N–H and O–H groups in total. The Bertz CT molecular complexity index is 822. The molecule has 0 radical (unpaired) electrons. The molecule has 1 aliphatic rings. The third-order valence-corrected chi connectivity index (χ3v) is 5.38. The van der Waals surface area contributed by atoms with E-state index in [0.29, 0.717) is 6.42 Å². The van der Waals surface area contributed by atoms with Gasteiger partial charge in [0, 0.05) is 17.4 Å². The molecule has 0 amide bonds. The third-order valence-electron chi connectivity index (χ3n) is 5.38. The second kappa shape index (κ2) is 10.3. The van der Waals surface area contributed by atoms with Crippen LogP contribution in [0.15, 0.2) is 36.4 Å². The van der Waals surface area contributed by atoms with E-state index in [2.05, 4.69) is 38.1 Å². The molecule has 3 heteroatoms. The lowest BCUT2D eigenvalue weighted by molar-refractivity contribution is -0.145. The summed E-state index contributed by atoms with van der Waals surface area (Å²) in [6, 6.07) is 10.4. The van der Waals surface area contributed by atoms with Crippen molar-refractivity contribution in [2.24, 2.45) is 0 Å². The molecule has 1 unspecified atom stereocenters. The monoisotopic (exact) mass is 380 g/mol. The van der Waals surface area contributed by atoms with E-state index in [1.54, 1.807) is 0 Å². The van der Waals surface area contributed by atoms with Crippen LogP contribution in [-0.2, 0) is 9.53 Å². The van der Waals surface area contributed by atoms with Gasteiger partial charge in [-0.1, -0.05) is 75.8 Å². The second-order valence-corrected chi connectivity index (χ2v) is 7.73. The average Bonchev–Trinajstić information content (AvgIpc) is 2.72. The van der Waals surface area contributed by atoms with Gasteiger partial charge >= 0.3 is 5.97 Å². The maximum atomic E-state index is 12.0. The minimum Gasteiger partial charge on any atom is -0.481 e. The number of carbonyl (C=O) groups excluding carboxylic acids is 1. The topological polar surface area (TPSA) is 35.5 Å². The van der Waals surface area contributed by atoms with Gasteiger partial charge in [0.05, 0.1) is 0 Å². The lowest BCUT2D eigenvalue weighted by Gasteiger charge is -2.23. The molecule has 0 saturated carbocycles. The summed E-state index contributed by atoms with van der Waals surface area (Å²) in [5, 5.41) is 2.31. The van der Waals surface area contributed by atoms with Gasteiger partial charge in [-0.2, -0.15) is 0 Å². The van der Waals surface area contributed by atoms with Gasteiger partial charge in [-0.15, -0.1) is 0 Å². The fourth-order valence-electron chi connectivity index (χ4n) is 3.78. The molecule has 3 nitrogen and oxygen atoms in total. The third kappa shape index (κ3) is 5.37. The minimum atomic E-state index is -0.225. The van der Waals surface area contributed by atoms with Crippen LogP contribution in [-0.4, -0.2) is 18.7 Å². The van der Waals surface area contributed by atoms with E-state index in [-0.39, 0.29) is 18.7 Å². The summed E-state index contributed by atoms with van der Waals surface area (Å²) in [7, 11) is 0. The number of rotatable bonds is 10. The number of hydrogen-bond donors (Lipinski definition) is 0. The van der Waals surface area contributed by atoms with Crippen LogP contribution in [0.4, 0.5) is 0 Å². The fourth-order valence-corrected chi connectivity index (χ4v) is 3.78. The molecule has 0 aromatic heterocycles. The maximum absolute atomic E-state index is 12.0. The maximum Gasteiger partial charge on any atom is 0.305 e. The molecule has 0 bridgehead atoms. The molecule has 150 valence electrons. The predicted octanol–water partition coefficient (Wildman–Crippen LogP) is 6.61. The van der Waals surface area contributed by atoms with E-state index < -0.39 is 0 Å². The Morgan fingerprint density at radius 1 is 1.04 bits per heavy atom. The molecular weight excluding hydrogens is 348 g/mol. The van der Waals surface area contributed by atoms with Crippen molar-refractivity contribution in [3.63, 3.8) is 0 Å². The van der Waals surface area contributed by atoms with Crippen LogP contribution in [0, 0.1) is 6.92 Å². The molecule has 3 rings (SSSR count). The average molecular weight is 381 g/mol. The fraction of sp³-hybridized carbons (Fsp3) is 0.480. The van der Waals surface area contributed by atoms with Gasteiger partial charge in [0.25, 0.3) is 0 Å². The van der Waals surface area contributed by atoms with Crippen molar-refractivity contribution in [3.05, 3.63) is 47.5 Å². The molecular formula is C25H32O3. The van der Waals surface area contributed by atoms with Crippen LogP contribution in [0.2, 0.25) is 0 Å². The smallest absolute Gasteiger partial charge is 0.305 e. The first-order chi connectivity index (χ1) is 13.7. The first-order valence-corrected chi connectivity index (χ1v) is 10.7. The number of benzene rings is 2. The normalized spacial score (nSPS) is 15.3. The molecule has 2 aromatic carbocycles. The van der Waals surface area contributed by atoms with Crippen molar-refractivity contribution in [1.29, 1.82) is 0 Å². The molecule has 2 aromatic rings. The van der Waals surface area contributed by atoms with Gasteiger partial charge < -0.3 is 9.47 Å². The largest absolute Gasteiger partial charge is 0.481 e. The van der Waals surface area contributed by atoms with Crippen molar-refractivity contribution >= 4 is 22.8 Å². The Labute approximate surface area is 168 Å². The van der Waals surface area contributed by atoms with Crippen molar-refractivity contribution in [2.45, 2.75) is 71.3 Å². The zero-order valence-corrected chi connectivity index (χ0v) is 17.2. The number of unbranched alkanes of at least 4 members (excludes halogenated alkanes) is 6. The molecule has 1 heterocycles. The SMILES string of the molecule is CCCCCCCCCC(=O)OCC1C=Cc2cc(C)c3ccccc3c2O1. The molecule has 0 aliphatic carbocycles. The quantitative estimate of drug-likeness (QED) is 0.344. The Hall–Kier alpha value is -2.29. The Balaban J connectivity index is 1.45. The van der Waals surface area contributed by atoms with Gasteiger partial charge in [-0.05, 0) is 36.4 Å². The zero-order chi connectivity index (χ0) is 19.8. The van der Waals surface area contributed by atoms with Crippen LogP contribution >= 0.6 is 0 Å². The summed E-state index contributed by atoms with van der Waals surface area (Å²) in [6.45, 7) is 4.62. The summed E-state index contributed by atoms with van der Waals surface area (Å²) in [6.07, 6.45) is 12.7. The summed E-state index contributed by atoms with van der Waals surface area (Å²) in [5.41, 5.74) is 2.32. The number of aryl methyl sites for hydroxylation is 1. The van der Waals surface area contributed by atoms with Gasteiger partial charge in [0.1, 0.15) is 12.4 Å². The van der Waals surface area contributed by atoms with Gasteiger partial charge in [-0.3, -0.25) is 4.79 Å². The van der Waals surface area contributed by atoms with Crippen LogP contribution in [0.5, 0.6) is 5.75 Å². The van der Waals surface area contributed by atoms with Gasteiger partial charge in [0.15, 0.2) is 6.10 Å². The summed E-state index contributed by atoms with van der Waals surface area (Å²) < 4.78 is 11.6. The van der Waals surface area contributed by atoms with E-state index in [9.17, 15) is 4.79 Å². The molecule has 1 atom stereocenters. The molecule has 28 heavy (non-hydrogen) atoms. The Morgan fingerprint density at radius 3 is 2.54 bits per heavy atom. The van der Waals surface area contributed by atoms with E-state index in [4.69, 9.17) is 9.47 Å². The Kier molecular flexibility index (Phi) is 7.53. The summed E-state index contributed by atoms with van der Waals surface area (Å²) in [4.78, 5) is 12.0. The van der Waals surface area contributed by atoms with Crippen molar-refractivity contribution < 1.29 is 14.3 Å². The van der Waals surface area contributed by atoms with E-state index >= 15 is 0 Å². The molecule has 1 aliphatic heterocycles. The van der Waals surface area contributed by atoms with Crippen molar-refractivity contribution in [3.8, 4) is 5.75 Å². The minimum absolute atomic E-state index is 0.120. The Morgan fingerprint density at radius 2 is 1.75 bits per heavy atom. The van der Waals surface area contributed by atoms with Gasteiger partial charge in [-0.25, -0.2) is 0 Å². The van der Waals surface area contributed by atoms with Gasteiger partial charge in [0.2, 0.25) is 0 Å². The van der Waals surface area contributed by atoms with Crippen molar-refractivity contribution in [2.75, 3.05) is 6.61 Å². The van der Waals surface area contributed by atoms with E-state index in [0.717, 1.165) is 29.5 Å². The van der Waals surface area contributed by atoms with Crippen LogP contribution < -0.4 is 4.74 Å². The first-order valence-electron chi connectivity index (χ1n) is 10.7. The highest BCUT2D eigenvalue weighted by atomic mass is 16.6. The summed E-state index contributed by atoms with van der Waals surface area (Å²) in [5.74, 6) is 0.766. The molecule has 0 saturated heterocycles. The first kappa shape index (κ1) is 20.4. The van der Waals surface area contributed by atoms with Crippen LogP contribution in [0.3, 0.4) is 0 Å². The molecule has 0 fully saturated rings.